The van der Waals surface area contributed by atoms with Crippen LogP contribution in [-0.2, 0) is 0 Å². The van der Waals surface area contributed by atoms with Gasteiger partial charge in [-0.2, -0.15) is 0 Å². The van der Waals surface area contributed by atoms with E-state index in [1.54, 1.807) is 0 Å². The molecular weight excluding hydrogens is 260 g/mol. The molecule has 2 aliphatic heterocycles. The molecule has 1 saturated heterocycles. The Hall–Kier alpha value is -1.06. The molecule has 0 aromatic heterocycles. The van der Waals surface area contributed by atoms with Gasteiger partial charge in [-0.05, 0) is 38.3 Å². The molecule has 0 radical (unpaired) electrons. The summed E-state index contributed by atoms with van der Waals surface area (Å²) < 4.78 is 6.04. The summed E-state index contributed by atoms with van der Waals surface area (Å²) in [5, 5.41) is 0. The van der Waals surface area contributed by atoms with Gasteiger partial charge in [-0.15, -0.1) is 0 Å². The van der Waals surface area contributed by atoms with Crippen LogP contribution in [0.1, 0.15) is 49.8 Å². The highest BCUT2D eigenvalue weighted by atomic mass is 16.5. The normalized spacial score (nSPS) is 29.8. The Morgan fingerprint density at radius 1 is 1.33 bits per heavy atom. The van der Waals surface area contributed by atoms with Crippen LogP contribution in [0, 0.1) is 12.8 Å². The van der Waals surface area contributed by atoms with Gasteiger partial charge in [0.15, 0.2) is 0 Å². The molecule has 0 amide bonds. The zero-order chi connectivity index (χ0) is 14.8. The molecule has 0 saturated carbocycles. The van der Waals surface area contributed by atoms with E-state index in [4.69, 9.17) is 10.5 Å². The maximum Gasteiger partial charge on any atom is 0.126 e. The number of ether oxygens (including phenoxy) is 1. The molecule has 116 valence electrons. The van der Waals surface area contributed by atoms with Crippen LogP contribution in [0.3, 0.4) is 0 Å². The third-order valence-corrected chi connectivity index (χ3v) is 5.24. The van der Waals surface area contributed by atoms with Gasteiger partial charge >= 0.3 is 0 Å². The van der Waals surface area contributed by atoms with E-state index in [-0.39, 0.29) is 6.04 Å². The standard InChI is InChI=1S/C18H28N2O/c1-3-15-8-4-5-10-20(15)11-14-12-21-18-13(2)7-6-9-16(18)17(14)19/h6-7,9,14-15,17H,3-5,8,10-12,19H2,1-2H3. The Morgan fingerprint density at radius 3 is 3.00 bits per heavy atom. The molecule has 0 aliphatic carbocycles. The van der Waals surface area contributed by atoms with Crippen molar-refractivity contribution in [1.29, 1.82) is 0 Å². The molecule has 1 fully saturated rings. The third kappa shape index (κ3) is 2.95. The number of fused-ring (bicyclic) bond motifs is 1. The number of benzene rings is 1. The van der Waals surface area contributed by atoms with E-state index in [0.29, 0.717) is 5.92 Å². The van der Waals surface area contributed by atoms with Gasteiger partial charge in [-0.3, -0.25) is 4.90 Å². The summed E-state index contributed by atoms with van der Waals surface area (Å²) in [6.07, 6.45) is 5.30. The maximum atomic E-state index is 6.56. The van der Waals surface area contributed by atoms with Gasteiger partial charge in [-0.1, -0.05) is 31.5 Å². The Labute approximate surface area is 128 Å². The lowest BCUT2D eigenvalue weighted by Gasteiger charge is -2.40. The minimum Gasteiger partial charge on any atom is -0.493 e. The number of hydrogen-bond acceptors (Lipinski definition) is 3. The number of nitrogens with zero attached hydrogens (tertiary/aromatic N) is 1. The van der Waals surface area contributed by atoms with Crippen molar-refractivity contribution in [3.05, 3.63) is 29.3 Å². The van der Waals surface area contributed by atoms with Gasteiger partial charge in [0.05, 0.1) is 6.61 Å². The highest BCUT2D eigenvalue weighted by Gasteiger charge is 2.32. The topological polar surface area (TPSA) is 38.5 Å². The second kappa shape index (κ2) is 6.37. The second-order valence-corrected chi connectivity index (χ2v) is 6.64. The van der Waals surface area contributed by atoms with Crippen molar-refractivity contribution in [2.45, 2.75) is 51.6 Å². The van der Waals surface area contributed by atoms with E-state index < -0.39 is 0 Å². The van der Waals surface area contributed by atoms with Gasteiger partial charge in [0, 0.05) is 30.1 Å². The van der Waals surface area contributed by atoms with Crippen LogP contribution >= 0.6 is 0 Å². The highest BCUT2D eigenvalue weighted by molar-refractivity contribution is 5.44. The number of aryl methyl sites for hydroxylation is 1. The van der Waals surface area contributed by atoms with Gasteiger partial charge < -0.3 is 10.5 Å². The quantitative estimate of drug-likeness (QED) is 0.927. The van der Waals surface area contributed by atoms with E-state index >= 15 is 0 Å². The minimum atomic E-state index is 0.105. The fourth-order valence-electron chi connectivity index (χ4n) is 3.91. The number of likely N-dealkylation sites (tertiary alicyclic amines) is 1. The van der Waals surface area contributed by atoms with Crippen molar-refractivity contribution in [3.8, 4) is 5.75 Å². The Morgan fingerprint density at radius 2 is 2.19 bits per heavy atom. The number of rotatable bonds is 3. The summed E-state index contributed by atoms with van der Waals surface area (Å²) in [5.74, 6) is 1.43. The Balaban J connectivity index is 1.73. The van der Waals surface area contributed by atoms with Crippen molar-refractivity contribution >= 4 is 0 Å². The van der Waals surface area contributed by atoms with E-state index in [1.165, 1.54) is 43.4 Å². The average molecular weight is 288 g/mol. The molecule has 0 bridgehead atoms. The first-order valence-electron chi connectivity index (χ1n) is 8.42. The highest BCUT2D eigenvalue weighted by Crippen LogP contribution is 2.37. The van der Waals surface area contributed by atoms with Crippen molar-refractivity contribution in [3.63, 3.8) is 0 Å². The SMILES string of the molecule is CCC1CCCCN1CC1COc2c(C)cccc2C1N. The zero-order valence-corrected chi connectivity index (χ0v) is 13.3. The number of piperidine rings is 1. The van der Waals surface area contributed by atoms with Gasteiger partial charge in [0.25, 0.3) is 0 Å². The summed E-state index contributed by atoms with van der Waals surface area (Å²) in [7, 11) is 0. The molecule has 21 heavy (non-hydrogen) atoms. The second-order valence-electron chi connectivity index (χ2n) is 6.64. The molecule has 1 aromatic rings. The monoisotopic (exact) mass is 288 g/mol. The van der Waals surface area contributed by atoms with Crippen LogP contribution < -0.4 is 10.5 Å². The molecule has 3 nitrogen and oxygen atoms in total. The summed E-state index contributed by atoms with van der Waals surface area (Å²) in [4.78, 5) is 2.65. The smallest absolute Gasteiger partial charge is 0.126 e. The van der Waals surface area contributed by atoms with Gasteiger partial charge in [-0.25, -0.2) is 0 Å². The predicted molar refractivity (Wildman–Crippen MR) is 86.6 cm³/mol. The van der Waals surface area contributed by atoms with Gasteiger partial charge in [0.1, 0.15) is 5.75 Å². The van der Waals surface area contributed by atoms with E-state index in [9.17, 15) is 0 Å². The van der Waals surface area contributed by atoms with Crippen molar-refractivity contribution in [1.82, 2.24) is 4.90 Å². The van der Waals surface area contributed by atoms with Crippen molar-refractivity contribution < 1.29 is 4.74 Å². The predicted octanol–water partition coefficient (Wildman–Crippen LogP) is 3.27. The molecule has 3 unspecified atom stereocenters. The van der Waals surface area contributed by atoms with E-state index in [1.807, 2.05) is 0 Å². The van der Waals surface area contributed by atoms with E-state index in [0.717, 1.165) is 24.9 Å². The zero-order valence-electron chi connectivity index (χ0n) is 13.3. The molecule has 2 N–H and O–H groups in total. The average Bonchev–Trinajstić information content (AvgIpc) is 2.51. The molecule has 3 atom stereocenters. The molecule has 2 aliphatic rings. The maximum absolute atomic E-state index is 6.56. The van der Waals surface area contributed by atoms with Crippen molar-refractivity contribution in [2.75, 3.05) is 19.7 Å². The number of hydrogen-bond donors (Lipinski definition) is 1. The van der Waals surface area contributed by atoms with Crippen LogP contribution in [0.4, 0.5) is 0 Å². The minimum absolute atomic E-state index is 0.105. The number of nitrogens with two attached hydrogens (primary N) is 1. The summed E-state index contributed by atoms with van der Waals surface area (Å²) in [6.45, 7) is 7.46. The first kappa shape index (κ1) is 14.9. The molecule has 3 heteroatoms. The Kier molecular flexibility index (Phi) is 4.51. The van der Waals surface area contributed by atoms with Crippen molar-refractivity contribution in [2.24, 2.45) is 11.7 Å². The van der Waals surface area contributed by atoms with Crippen LogP contribution in [0.15, 0.2) is 18.2 Å². The van der Waals surface area contributed by atoms with E-state index in [2.05, 4.69) is 36.9 Å². The lowest BCUT2D eigenvalue weighted by atomic mass is 9.88. The van der Waals surface area contributed by atoms with Crippen LogP contribution in [-0.4, -0.2) is 30.6 Å². The molecule has 1 aromatic carbocycles. The van der Waals surface area contributed by atoms with Crippen LogP contribution in [0.2, 0.25) is 0 Å². The summed E-state index contributed by atoms with van der Waals surface area (Å²) >= 11 is 0. The lowest BCUT2D eigenvalue weighted by Crippen LogP contribution is -2.46. The summed E-state index contributed by atoms with van der Waals surface area (Å²) in [5.41, 5.74) is 8.95. The molecule has 0 spiro atoms. The summed E-state index contributed by atoms with van der Waals surface area (Å²) in [6, 6.07) is 7.17. The van der Waals surface area contributed by atoms with Gasteiger partial charge in [0.2, 0.25) is 0 Å². The first-order chi connectivity index (χ1) is 10.2. The largest absolute Gasteiger partial charge is 0.493 e. The lowest BCUT2D eigenvalue weighted by molar-refractivity contribution is 0.0849. The molecule has 2 heterocycles. The molecular formula is C18H28N2O. The molecule has 3 rings (SSSR count). The fraction of sp³-hybridized carbons (Fsp3) is 0.667. The number of para-hydroxylation sites is 1. The Bertz CT molecular complexity index is 488. The van der Waals surface area contributed by atoms with Crippen LogP contribution in [0.25, 0.3) is 0 Å². The van der Waals surface area contributed by atoms with Crippen LogP contribution in [0.5, 0.6) is 5.75 Å². The third-order valence-electron chi connectivity index (χ3n) is 5.24. The fourth-order valence-corrected chi connectivity index (χ4v) is 3.91. The first-order valence-corrected chi connectivity index (χ1v) is 8.42.